The third-order valence-electron chi connectivity index (χ3n) is 5.68. The molecule has 2 heterocycles. The lowest BCUT2D eigenvalue weighted by atomic mass is 10.00. The molecular formula is C23H24Cl2N4OS. The fourth-order valence-electron chi connectivity index (χ4n) is 3.99. The molecule has 0 bridgehead atoms. The van der Waals surface area contributed by atoms with Crippen LogP contribution >= 0.6 is 35.4 Å². The minimum Gasteiger partial charge on any atom is -0.349 e. The molecule has 0 radical (unpaired) electrons. The quantitative estimate of drug-likeness (QED) is 0.629. The second-order valence-electron chi connectivity index (χ2n) is 7.77. The molecule has 1 N–H and O–H groups in total. The Hall–Kier alpha value is -2.15. The molecule has 31 heavy (non-hydrogen) atoms. The molecule has 1 amide bonds. The van der Waals surface area contributed by atoms with Gasteiger partial charge in [0, 0.05) is 41.3 Å². The summed E-state index contributed by atoms with van der Waals surface area (Å²) in [4.78, 5) is 21.9. The summed E-state index contributed by atoms with van der Waals surface area (Å²) in [5, 5.41) is 4.88. The summed E-state index contributed by atoms with van der Waals surface area (Å²) in [5.74, 6) is -0.192. The highest BCUT2D eigenvalue weighted by Gasteiger charge is 2.32. The summed E-state index contributed by atoms with van der Waals surface area (Å²) in [6.45, 7) is 1.78. The summed E-state index contributed by atoms with van der Waals surface area (Å²) in [6.07, 6.45) is 3.74. The van der Waals surface area contributed by atoms with Crippen molar-refractivity contribution in [2.24, 2.45) is 4.99 Å². The Morgan fingerprint density at radius 3 is 2.48 bits per heavy atom. The SMILES string of the molecule is CN1C(=O)C(NC(=S)N2CCCCCC2)N=C(c2ccccc2Cl)c2cc(Cl)ccc21. The van der Waals surface area contributed by atoms with E-state index in [4.69, 9.17) is 40.4 Å². The minimum atomic E-state index is -0.863. The molecule has 5 nitrogen and oxygen atoms in total. The standard InChI is InChI=1S/C23H24Cl2N4OS/c1-28-19-11-10-15(24)14-17(19)20(16-8-4-5-9-18(16)25)26-21(22(28)30)27-23(31)29-12-6-2-3-7-13-29/h4-5,8-11,14,21H,2-3,6-7,12-13H2,1H3,(H,27,31). The van der Waals surface area contributed by atoms with Gasteiger partial charge in [-0.1, -0.05) is 54.2 Å². The first kappa shape index (κ1) is 22.1. The van der Waals surface area contributed by atoms with Gasteiger partial charge in [-0.25, -0.2) is 4.99 Å². The van der Waals surface area contributed by atoms with Gasteiger partial charge in [-0.2, -0.15) is 0 Å². The van der Waals surface area contributed by atoms with E-state index < -0.39 is 6.17 Å². The Labute approximate surface area is 198 Å². The third kappa shape index (κ3) is 4.71. The van der Waals surface area contributed by atoms with Crippen LogP contribution in [0.5, 0.6) is 0 Å². The number of benzodiazepines with no additional fused rings is 1. The number of halogens is 2. The molecule has 1 unspecified atom stereocenters. The van der Waals surface area contributed by atoms with Gasteiger partial charge >= 0.3 is 0 Å². The van der Waals surface area contributed by atoms with E-state index >= 15 is 0 Å². The summed E-state index contributed by atoms with van der Waals surface area (Å²) in [6, 6.07) is 12.9. The summed E-state index contributed by atoms with van der Waals surface area (Å²) in [7, 11) is 1.74. The van der Waals surface area contributed by atoms with Crippen molar-refractivity contribution in [3.63, 3.8) is 0 Å². The molecule has 2 aliphatic rings. The Balaban J connectivity index is 1.76. The summed E-state index contributed by atoms with van der Waals surface area (Å²) >= 11 is 18.5. The Bertz CT molecular complexity index is 1030. The smallest absolute Gasteiger partial charge is 0.272 e. The van der Waals surface area contributed by atoms with Gasteiger partial charge < -0.3 is 15.1 Å². The molecule has 1 saturated heterocycles. The van der Waals surface area contributed by atoms with Crippen LogP contribution < -0.4 is 10.2 Å². The number of rotatable bonds is 2. The van der Waals surface area contributed by atoms with Crippen molar-refractivity contribution in [3.05, 3.63) is 63.6 Å². The average molecular weight is 475 g/mol. The maximum absolute atomic E-state index is 13.4. The van der Waals surface area contributed by atoms with Gasteiger partial charge in [0.2, 0.25) is 6.17 Å². The zero-order valence-corrected chi connectivity index (χ0v) is 19.6. The first-order valence-corrected chi connectivity index (χ1v) is 11.6. The highest BCUT2D eigenvalue weighted by molar-refractivity contribution is 7.80. The fraction of sp³-hybridized carbons (Fsp3) is 0.348. The van der Waals surface area contributed by atoms with Crippen molar-refractivity contribution < 1.29 is 4.79 Å². The van der Waals surface area contributed by atoms with Gasteiger partial charge in [0.15, 0.2) is 5.11 Å². The van der Waals surface area contributed by atoms with Crippen LogP contribution in [0.1, 0.15) is 36.8 Å². The van der Waals surface area contributed by atoms with E-state index in [0.29, 0.717) is 20.9 Å². The molecule has 1 atom stereocenters. The largest absolute Gasteiger partial charge is 0.349 e. The van der Waals surface area contributed by atoms with E-state index in [2.05, 4.69) is 10.2 Å². The van der Waals surface area contributed by atoms with Crippen molar-refractivity contribution in [3.8, 4) is 0 Å². The summed E-state index contributed by atoms with van der Waals surface area (Å²) in [5.41, 5.74) is 2.82. The summed E-state index contributed by atoms with van der Waals surface area (Å²) < 4.78 is 0. The number of anilines is 1. The van der Waals surface area contributed by atoms with Gasteiger partial charge in [0.1, 0.15) is 0 Å². The zero-order chi connectivity index (χ0) is 22.0. The Kier molecular flexibility index (Phi) is 6.80. The van der Waals surface area contributed by atoms with Crippen LogP contribution in [0.2, 0.25) is 10.0 Å². The van der Waals surface area contributed by atoms with Crippen LogP contribution in [0.25, 0.3) is 0 Å². The first-order valence-electron chi connectivity index (χ1n) is 10.4. The average Bonchev–Trinajstić information content (AvgIpc) is 3.09. The predicted molar refractivity (Wildman–Crippen MR) is 132 cm³/mol. The molecule has 1 fully saturated rings. The normalized spacial score (nSPS) is 19.3. The van der Waals surface area contributed by atoms with Crippen molar-refractivity contribution in [2.75, 3.05) is 25.0 Å². The van der Waals surface area contributed by atoms with Crippen LogP contribution in [0.15, 0.2) is 47.5 Å². The maximum atomic E-state index is 13.4. The second-order valence-corrected chi connectivity index (χ2v) is 9.00. The number of benzene rings is 2. The molecule has 0 spiro atoms. The van der Waals surface area contributed by atoms with E-state index in [0.717, 1.165) is 42.7 Å². The van der Waals surface area contributed by atoms with Gasteiger partial charge in [-0.3, -0.25) is 4.79 Å². The number of amides is 1. The van der Waals surface area contributed by atoms with E-state index in [1.807, 2.05) is 36.4 Å². The first-order chi connectivity index (χ1) is 15.0. The Morgan fingerprint density at radius 1 is 1.06 bits per heavy atom. The molecule has 0 aliphatic carbocycles. The number of nitrogens with one attached hydrogen (secondary N) is 1. The van der Waals surface area contributed by atoms with Crippen molar-refractivity contribution in [1.29, 1.82) is 0 Å². The molecule has 0 saturated carbocycles. The van der Waals surface area contributed by atoms with Gasteiger partial charge in [-0.05, 0) is 49.3 Å². The van der Waals surface area contributed by atoms with E-state index in [1.54, 1.807) is 18.0 Å². The fourth-order valence-corrected chi connectivity index (χ4v) is 4.68. The van der Waals surface area contributed by atoms with Crippen LogP contribution in [0, 0.1) is 0 Å². The highest BCUT2D eigenvalue weighted by Crippen LogP contribution is 2.31. The van der Waals surface area contributed by atoms with E-state index in [9.17, 15) is 4.79 Å². The monoisotopic (exact) mass is 474 g/mol. The van der Waals surface area contributed by atoms with Gasteiger partial charge in [0.25, 0.3) is 5.91 Å². The number of nitrogens with zero attached hydrogens (tertiary/aromatic N) is 3. The van der Waals surface area contributed by atoms with Crippen molar-refractivity contribution >= 4 is 57.8 Å². The number of carbonyl (C=O) groups is 1. The van der Waals surface area contributed by atoms with E-state index in [-0.39, 0.29) is 5.91 Å². The predicted octanol–water partition coefficient (Wildman–Crippen LogP) is 4.88. The number of carbonyl (C=O) groups excluding carboxylic acids is 1. The topological polar surface area (TPSA) is 47.9 Å². The lowest BCUT2D eigenvalue weighted by Crippen LogP contribution is -2.50. The van der Waals surface area contributed by atoms with Gasteiger partial charge in [-0.15, -0.1) is 0 Å². The van der Waals surface area contributed by atoms with Crippen LogP contribution in [-0.4, -0.2) is 47.9 Å². The highest BCUT2D eigenvalue weighted by atomic mass is 35.5. The number of hydrogen-bond donors (Lipinski definition) is 1. The third-order valence-corrected chi connectivity index (χ3v) is 6.62. The van der Waals surface area contributed by atoms with Crippen molar-refractivity contribution in [2.45, 2.75) is 31.8 Å². The molecule has 0 aromatic heterocycles. The number of thiocarbonyl (C=S) groups is 1. The number of fused-ring (bicyclic) bond motifs is 1. The van der Waals surface area contributed by atoms with Gasteiger partial charge in [0.05, 0.1) is 11.4 Å². The lowest BCUT2D eigenvalue weighted by molar-refractivity contribution is -0.119. The molecule has 162 valence electrons. The number of hydrogen-bond acceptors (Lipinski definition) is 3. The van der Waals surface area contributed by atoms with Crippen LogP contribution in [-0.2, 0) is 4.79 Å². The molecular weight excluding hydrogens is 451 g/mol. The second kappa shape index (κ2) is 9.55. The van der Waals surface area contributed by atoms with Crippen LogP contribution in [0.4, 0.5) is 5.69 Å². The lowest BCUT2D eigenvalue weighted by Gasteiger charge is -2.27. The number of likely N-dealkylation sites (tertiary alicyclic amines) is 1. The molecule has 2 aliphatic heterocycles. The maximum Gasteiger partial charge on any atom is 0.272 e. The minimum absolute atomic E-state index is 0.192. The molecule has 8 heteroatoms. The molecule has 2 aromatic rings. The number of likely N-dealkylation sites (N-methyl/N-ethyl adjacent to an activating group) is 1. The molecule has 4 rings (SSSR count). The van der Waals surface area contributed by atoms with E-state index in [1.165, 1.54) is 12.8 Å². The van der Waals surface area contributed by atoms with Crippen molar-refractivity contribution in [1.82, 2.24) is 10.2 Å². The van der Waals surface area contributed by atoms with Crippen LogP contribution in [0.3, 0.4) is 0 Å². The zero-order valence-electron chi connectivity index (χ0n) is 17.3. The number of aliphatic imine (C=N–C) groups is 1. The Morgan fingerprint density at radius 2 is 1.77 bits per heavy atom. The molecule has 2 aromatic carbocycles.